The van der Waals surface area contributed by atoms with Crippen LogP contribution in [0.5, 0.6) is 0 Å². The molecule has 0 radical (unpaired) electrons. The van der Waals surface area contributed by atoms with E-state index in [4.69, 9.17) is 0 Å². The van der Waals surface area contributed by atoms with E-state index in [1.165, 1.54) is 66.6 Å². The van der Waals surface area contributed by atoms with Gasteiger partial charge in [0.05, 0.1) is 11.4 Å². The highest BCUT2D eigenvalue weighted by Crippen LogP contribution is 2.39. The van der Waals surface area contributed by atoms with Crippen molar-refractivity contribution in [2.24, 2.45) is 0 Å². The highest BCUT2D eigenvalue weighted by molar-refractivity contribution is 7.19. The number of hydrogen-bond donors (Lipinski definition) is 1. The zero-order chi connectivity index (χ0) is 17.3. The maximum absolute atomic E-state index is 4.61. The first-order chi connectivity index (χ1) is 12.9. The van der Waals surface area contributed by atoms with Gasteiger partial charge in [0.25, 0.3) is 0 Å². The van der Waals surface area contributed by atoms with Crippen LogP contribution in [0, 0.1) is 0 Å². The van der Waals surface area contributed by atoms with Gasteiger partial charge >= 0.3 is 0 Å². The molecule has 5 heteroatoms. The molecule has 1 aromatic carbocycles. The highest BCUT2D eigenvalue weighted by atomic mass is 32.1. The first kappa shape index (κ1) is 16.2. The van der Waals surface area contributed by atoms with E-state index >= 15 is 0 Å². The molecular weight excluding hydrogens is 340 g/mol. The molecule has 3 aromatic rings. The Labute approximate surface area is 158 Å². The van der Waals surface area contributed by atoms with Crippen LogP contribution in [0.2, 0.25) is 0 Å². The van der Waals surface area contributed by atoms with Gasteiger partial charge in [-0.15, -0.1) is 11.3 Å². The van der Waals surface area contributed by atoms with Crippen LogP contribution in [-0.2, 0) is 12.8 Å². The first-order valence-electron chi connectivity index (χ1n) is 9.68. The number of likely N-dealkylation sites (tertiary alicyclic amines) is 1. The van der Waals surface area contributed by atoms with Crippen LogP contribution in [0.3, 0.4) is 0 Å². The lowest BCUT2D eigenvalue weighted by Crippen LogP contribution is -2.31. The van der Waals surface area contributed by atoms with Gasteiger partial charge in [-0.05, 0) is 56.3 Å². The second-order valence-corrected chi connectivity index (χ2v) is 8.39. The summed E-state index contributed by atoms with van der Waals surface area (Å²) >= 11 is 1.85. The van der Waals surface area contributed by atoms with Crippen molar-refractivity contribution in [3.8, 4) is 0 Å². The largest absolute Gasteiger partial charge is 0.367 e. The fourth-order valence-electron chi connectivity index (χ4n) is 4.44. The van der Waals surface area contributed by atoms with Gasteiger partial charge in [0.2, 0.25) is 0 Å². The number of aryl methyl sites for hydroxylation is 2. The molecule has 2 aromatic heterocycles. The summed E-state index contributed by atoms with van der Waals surface area (Å²) in [6.07, 6.45) is 7.97. The molecule has 2 aliphatic rings. The van der Waals surface area contributed by atoms with E-state index in [1.54, 1.807) is 6.33 Å². The van der Waals surface area contributed by atoms with Gasteiger partial charge in [0.1, 0.15) is 17.0 Å². The third-order valence-corrected chi connectivity index (χ3v) is 6.93. The molecule has 0 saturated carbocycles. The van der Waals surface area contributed by atoms with Gasteiger partial charge in [0.15, 0.2) is 0 Å². The van der Waals surface area contributed by atoms with Crippen molar-refractivity contribution >= 4 is 27.4 Å². The predicted molar refractivity (Wildman–Crippen MR) is 108 cm³/mol. The van der Waals surface area contributed by atoms with E-state index in [9.17, 15) is 0 Å². The van der Waals surface area contributed by atoms with Crippen molar-refractivity contribution in [1.29, 1.82) is 0 Å². The molecule has 1 unspecified atom stereocenters. The third-order valence-electron chi connectivity index (χ3n) is 5.73. The lowest BCUT2D eigenvalue weighted by molar-refractivity contribution is 0.256. The van der Waals surface area contributed by atoms with Crippen molar-refractivity contribution in [2.45, 2.75) is 38.1 Å². The number of thiophene rings is 1. The second-order valence-electron chi connectivity index (χ2n) is 7.31. The summed E-state index contributed by atoms with van der Waals surface area (Å²) in [6.45, 7) is 3.27. The van der Waals surface area contributed by atoms with Gasteiger partial charge in [-0.25, -0.2) is 9.97 Å². The quantitative estimate of drug-likeness (QED) is 0.727. The summed E-state index contributed by atoms with van der Waals surface area (Å²) in [5.74, 6) is 1.02. The first-order valence-corrected chi connectivity index (χ1v) is 10.5. The Morgan fingerprint density at radius 3 is 2.73 bits per heavy atom. The highest BCUT2D eigenvalue weighted by Gasteiger charge is 2.25. The molecule has 1 atom stereocenters. The summed E-state index contributed by atoms with van der Waals surface area (Å²) in [4.78, 5) is 14.4. The Hall–Kier alpha value is -1.98. The van der Waals surface area contributed by atoms with Crippen LogP contribution in [0.4, 0.5) is 5.82 Å². The van der Waals surface area contributed by atoms with Crippen molar-refractivity contribution in [1.82, 2.24) is 14.9 Å². The molecule has 1 aliphatic heterocycles. The number of anilines is 1. The van der Waals surface area contributed by atoms with E-state index in [-0.39, 0.29) is 0 Å². The summed E-state index contributed by atoms with van der Waals surface area (Å²) in [5.41, 5.74) is 2.88. The van der Waals surface area contributed by atoms with E-state index in [1.807, 2.05) is 11.3 Å². The van der Waals surface area contributed by atoms with Crippen LogP contribution < -0.4 is 5.32 Å². The molecule has 1 fully saturated rings. The molecular formula is C21H24N4S. The van der Waals surface area contributed by atoms with Gasteiger partial charge in [-0.1, -0.05) is 30.3 Å². The number of rotatable bonds is 5. The molecule has 4 nitrogen and oxygen atoms in total. The molecule has 3 heterocycles. The molecule has 0 spiro atoms. The number of nitrogens with zero attached hydrogens (tertiary/aromatic N) is 3. The number of aromatic nitrogens is 2. The minimum atomic E-state index is 0.399. The minimum absolute atomic E-state index is 0.399. The molecule has 26 heavy (non-hydrogen) atoms. The maximum atomic E-state index is 4.61. The Bertz CT molecular complexity index is 899. The molecule has 5 rings (SSSR count). The number of nitrogens with one attached hydrogen (secondary N) is 1. The molecule has 1 saturated heterocycles. The van der Waals surface area contributed by atoms with Crippen LogP contribution >= 0.6 is 11.3 Å². The predicted octanol–water partition coefficient (Wildman–Crippen LogP) is 4.43. The minimum Gasteiger partial charge on any atom is -0.367 e. The molecule has 0 bridgehead atoms. The lowest BCUT2D eigenvalue weighted by Gasteiger charge is -2.28. The number of fused-ring (bicyclic) bond motifs is 3. The third kappa shape index (κ3) is 2.89. The van der Waals surface area contributed by atoms with Gasteiger partial charge in [-0.3, -0.25) is 4.90 Å². The monoisotopic (exact) mass is 364 g/mol. The van der Waals surface area contributed by atoms with E-state index in [0.717, 1.165) is 17.2 Å². The van der Waals surface area contributed by atoms with Gasteiger partial charge < -0.3 is 5.32 Å². The topological polar surface area (TPSA) is 41.1 Å². The molecule has 1 aliphatic carbocycles. The summed E-state index contributed by atoms with van der Waals surface area (Å²) in [5, 5.41) is 4.97. The standard InChI is InChI=1S/C21H24N4S/c1-2-7-15(8-3-1)17(25-11-4-5-12-25)13-22-20-19-16-9-6-10-18(16)26-21(19)24-14-23-20/h1-3,7-8,14,17H,4-6,9-13H2,(H,22,23,24). The summed E-state index contributed by atoms with van der Waals surface area (Å²) in [7, 11) is 0. The normalized spacial score (nSPS) is 18.3. The van der Waals surface area contributed by atoms with Crippen molar-refractivity contribution in [3.63, 3.8) is 0 Å². The Morgan fingerprint density at radius 1 is 1.04 bits per heavy atom. The Kier molecular flexibility index (Phi) is 4.35. The number of hydrogen-bond acceptors (Lipinski definition) is 5. The van der Waals surface area contributed by atoms with E-state index in [2.05, 4.69) is 50.5 Å². The average Bonchev–Trinajstić information content (AvgIpc) is 3.40. The van der Waals surface area contributed by atoms with Crippen LogP contribution in [0.1, 0.15) is 41.3 Å². The lowest BCUT2D eigenvalue weighted by atomic mass is 10.1. The van der Waals surface area contributed by atoms with Crippen molar-refractivity contribution in [2.75, 3.05) is 25.0 Å². The van der Waals surface area contributed by atoms with Gasteiger partial charge in [-0.2, -0.15) is 0 Å². The molecule has 134 valence electrons. The fourth-order valence-corrected chi connectivity index (χ4v) is 5.67. The molecule has 0 amide bonds. The van der Waals surface area contributed by atoms with Crippen LogP contribution in [0.15, 0.2) is 36.7 Å². The fraction of sp³-hybridized carbons (Fsp3) is 0.429. The summed E-state index contributed by atoms with van der Waals surface area (Å²) < 4.78 is 0. The van der Waals surface area contributed by atoms with Crippen LogP contribution in [-0.4, -0.2) is 34.5 Å². The average molecular weight is 365 g/mol. The van der Waals surface area contributed by atoms with Gasteiger partial charge in [0, 0.05) is 11.4 Å². The SMILES string of the molecule is c1ccc(C(CNc2ncnc3sc4c(c23)CCC4)N2CCCC2)cc1. The van der Waals surface area contributed by atoms with Crippen molar-refractivity contribution in [3.05, 3.63) is 52.7 Å². The van der Waals surface area contributed by atoms with E-state index in [0.29, 0.717) is 6.04 Å². The molecule has 1 N–H and O–H groups in total. The Morgan fingerprint density at radius 2 is 1.88 bits per heavy atom. The van der Waals surface area contributed by atoms with Crippen LogP contribution in [0.25, 0.3) is 10.2 Å². The zero-order valence-corrected chi connectivity index (χ0v) is 15.8. The number of benzene rings is 1. The van der Waals surface area contributed by atoms with E-state index < -0.39 is 0 Å². The summed E-state index contributed by atoms with van der Waals surface area (Å²) in [6, 6.07) is 11.3. The van der Waals surface area contributed by atoms with Crippen molar-refractivity contribution < 1.29 is 0 Å². The second kappa shape index (κ2) is 6.97. The zero-order valence-electron chi connectivity index (χ0n) is 14.9. The maximum Gasteiger partial charge on any atom is 0.138 e. The Balaban J connectivity index is 1.44. The smallest absolute Gasteiger partial charge is 0.138 e.